The number of pyridine rings is 1. The predicted octanol–water partition coefficient (Wildman–Crippen LogP) is 10.8. The summed E-state index contributed by atoms with van der Waals surface area (Å²) in [6, 6.07) is 36.8. The lowest BCUT2D eigenvalue weighted by molar-refractivity contribution is -0.915. The summed E-state index contributed by atoms with van der Waals surface area (Å²) in [5.74, 6) is -0.723. The van der Waals surface area contributed by atoms with Crippen molar-refractivity contribution in [2.45, 2.75) is 63.0 Å². The van der Waals surface area contributed by atoms with Crippen molar-refractivity contribution < 1.29 is 32.7 Å². The molecule has 1 N–H and O–H groups in total. The first-order valence-electron chi connectivity index (χ1n) is 23.9. The number of ether oxygens (including phenoxy) is 1. The molecule has 2 aliphatic rings. The van der Waals surface area contributed by atoms with Gasteiger partial charge in [0.2, 0.25) is 16.5 Å². The molecule has 1 atom stereocenters. The fourth-order valence-electron chi connectivity index (χ4n) is 9.40. The lowest BCUT2D eigenvalue weighted by Crippen LogP contribution is -2.54. The number of hydrogen-bond donors (Lipinski definition) is 1. The molecule has 352 valence electrons. The van der Waals surface area contributed by atoms with E-state index in [-0.39, 0.29) is 12.5 Å². The highest BCUT2D eigenvalue weighted by atomic mass is 32.2. The number of fused-ring (bicyclic) bond motifs is 4. The summed E-state index contributed by atoms with van der Waals surface area (Å²) < 4.78 is 14.3. The molecule has 67 heavy (non-hydrogen) atoms. The van der Waals surface area contributed by atoms with E-state index in [0.29, 0.717) is 13.0 Å². The smallest absolute Gasteiger partial charge is 0.303 e. The van der Waals surface area contributed by atoms with Gasteiger partial charge < -0.3 is 28.6 Å². The molecular formula is C56H72N6O3S2+4. The number of anilines is 2. The maximum absolute atomic E-state index is 11.0. The molecule has 9 nitrogen and oxygen atoms in total. The molecule has 4 aromatic carbocycles. The number of thiazole rings is 1. The summed E-state index contributed by atoms with van der Waals surface area (Å²) in [6.45, 7) is 8.63. The molecule has 0 saturated heterocycles. The molecule has 0 bridgehead atoms. The summed E-state index contributed by atoms with van der Waals surface area (Å²) in [6.07, 6.45) is 16.1. The van der Waals surface area contributed by atoms with Gasteiger partial charge in [-0.1, -0.05) is 90.2 Å². The van der Waals surface area contributed by atoms with E-state index in [4.69, 9.17) is 9.84 Å². The number of unbranched alkanes of at least 4 members (excludes halogenated alkanes) is 2. The minimum atomic E-state index is -0.723. The summed E-state index contributed by atoms with van der Waals surface area (Å²) in [4.78, 5) is 17.0. The SMILES string of the molecule is C/C=C1\C=CN(CCC[N+](C)(C)CC(C[N+](C)(C)CCC[n+]2ccc(C=C3Sc4ccccc4N3C)c3ccccc32)OCCCCCC(=O)O)c2ccccc21.C[n+]1csc2ccccc21. The molecule has 0 spiro atoms. The number of thioether (sulfide) groups is 1. The Balaban J connectivity index is 0.000000583. The third kappa shape index (κ3) is 13.5. The zero-order valence-corrected chi connectivity index (χ0v) is 42.4. The number of aliphatic carboxylic acids is 1. The number of benzene rings is 4. The fraction of sp³-hybridized carbons (Fsp3) is 0.375. The average Bonchev–Trinajstić information content (AvgIpc) is 3.85. The Morgan fingerprint density at radius 2 is 1.49 bits per heavy atom. The van der Waals surface area contributed by atoms with E-state index in [1.54, 1.807) is 11.3 Å². The normalized spacial score (nSPS) is 15.3. The Morgan fingerprint density at radius 3 is 2.24 bits per heavy atom. The summed E-state index contributed by atoms with van der Waals surface area (Å²) >= 11 is 3.61. The molecule has 0 saturated carbocycles. The molecule has 0 amide bonds. The van der Waals surface area contributed by atoms with E-state index >= 15 is 0 Å². The van der Waals surface area contributed by atoms with Crippen LogP contribution in [0, 0.1) is 0 Å². The van der Waals surface area contributed by atoms with Crippen LogP contribution in [0.5, 0.6) is 0 Å². The number of quaternary nitrogens is 2. The van der Waals surface area contributed by atoms with Crippen LogP contribution in [0.15, 0.2) is 143 Å². The van der Waals surface area contributed by atoms with Crippen molar-refractivity contribution in [3.8, 4) is 0 Å². The van der Waals surface area contributed by atoms with E-state index < -0.39 is 5.97 Å². The van der Waals surface area contributed by atoms with Gasteiger partial charge in [-0.25, -0.2) is 0 Å². The molecule has 0 fully saturated rings. The Morgan fingerprint density at radius 1 is 0.806 bits per heavy atom. The van der Waals surface area contributed by atoms with E-state index in [9.17, 15) is 4.79 Å². The minimum absolute atomic E-state index is 0.0980. The van der Waals surface area contributed by atoms with E-state index in [0.717, 1.165) is 73.9 Å². The first-order valence-corrected chi connectivity index (χ1v) is 25.6. The van der Waals surface area contributed by atoms with Crippen molar-refractivity contribution in [3.05, 3.63) is 149 Å². The average molecular weight is 941 g/mol. The van der Waals surface area contributed by atoms with Gasteiger partial charge in [-0.3, -0.25) is 4.79 Å². The van der Waals surface area contributed by atoms with E-state index in [2.05, 4.69) is 207 Å². The second kappa shape index (κ2) is 23.1. The topological polar surface area (TPSA) is 60.8 Å². The van der Waals surface area contributed by atoms with E-state index in [1.165, 1.54) is 59.1 Å². The van der Waals surface area contributed by atoms with Gasteiger partial charge >= 0.3 is 5.97 Å². The van der Waals surface area contributed by atoms with Crippen molar-refractivity contribution in [2.24, 2.45) is 7.05 Å². The molecule has 0 aliphatic carbocycles. The van der Waals surface area contributed by atoms with Crippen molar-refractivity contribution in [3.63, 3.8) is 0 Å². The number of aromatic nitrogens is 2. The first-order chi connectivity index (χ1) is 32.3. The van der Waals surface area contributed by atoms with Crippen LogP contribution < -0.4 is 18.9 Å². The third-order valence-corrected chi connectivity index (χ3v) is 15.2. The molecule has 2 aliphatic heterocycles. The van der Waals surface area contributed by atoms with Gasteiger partial charge in [-0.15, -0.1) is 0 Å². The van der Waals surface area contributed by atoms with Crippen LogP contribution in [-0.4, -0.2) is 101 Å². The molecule has 6 aromatic rings. The van der Waals surface area contributed by atoms with Crippen LogP contribution in [0.2, 0.25) is 0 Å². The zero-order valence-electron chi connectivity index (χ0n) is 40.8. The molecule has 11 heteroatoms. The zero-order chi connectivity index (χ0) is 47.4. The van der Waals surface area contributed by atoms with Gasteiger partial charge in [0.15, 0.2) is 18.8 Å². The van der Waals surface area contributed by atoms with Crippen molar-refractivity contribution >= 4 is 73.2 Å². The second-order valence-corrected chi connectivity index (χ2v) is 21.2. The Kier molecular flexibility index (Phi) is 17.1. The number of rotatable bonds is 20. The molecule has 2 aromatic heterocycles. The predicted molar refractivity (Wildman–Crippen MR) is 281 cm³/mol. The number of carbonyl (C=O) groups is 1. The third-order valence-electron chi connectivity index (χ3n) is 13.0. The van der Waals surface area contributed by atoms with Crippen LogP contribution >= 0.6 is 23.1 Å². The standard InChI is InChI=1S/C48H63N5O3S.C8H8NS/c1-7-38-26-30-50(43-21-12-10-19-41(38)43)28-17-32-52(3,4)36-40(56-34-16-8-9-25-48(54)55)37-53(5,6)33-18-29-51-31-27-39(42-20-11-13-22-44(42)51)35-47-49(2)45-23-14-15-24-46(45)57-47;1-9-6-10-8-5-3-2-4-7(8)9/h7,10-15,19-24,26-27,30-31,35,40H,8-9,16-18,25,28-29,32-34,36-37H2,1-6H3;2-6H,1H3/q+2;+1/p+1/b38-7+;. The second-order valence-electron chi connectivity index (χ2n) is 19.3. The highest BCUT2D eigenvalue weighted by Crippen LogP contribution is 2.45. The van der Waals surface area contributed by atoms with Gasteiger partial charge in [0.25, 0.3) is 0 Å². The maximum atomic E-state index is 11.0. The highest BCUT2D eigenvalue weighted by molar-refractivity contribution is 8.03. The number of hydrogen-bond acceptors (Lipinski definition) is 6. The maximum Gasteiger partial charge on any atom is 0.303 e. The van der Waals surface area contributed by atoms with Crippen LogP contribution in [0.4, 0.5) is 11.4 Å². The molecule has 4 heterocycles. The Labute approximate surface area is 407 Å². The molecule has 1 unspecified atom stereocenters. The van der Waals surface area contributed by atoms with Crippen molar-refractivity contribution in [1.82, 2.24) is 0 Å². The number of para-hydroxylation sites is 4. The minimum Gasteiger partial charge on any atom is -0.481 e. The number of allylic oxidation sites excluding steroid dienone is 3. The largest absolute Gasteiger partial charge is 0.481 e. The van der Waals surface area contributed by atoms with Gasteiger partial charge in [0, 0.05) is 73.6 Å². The Hall–Kier alpha value is -5.30. The number of carboxylic acid groups (broad SMARTS) is 1. The van der Waals surface area contributed by atoms with E-state index in [1.807, 2.05) is 11.8 Å². The molecule has 0 radical (unpaired) electrons. The summed E-state index contributed by atoms with van der Waals surface area (Å²) in [7, 11) is 13.6. The lowest BCUT2D eigenvalue weighted by Gasteiger charge is -2.38. The van der Waals surface area contributed by atoms with Crippen LogP contribution in [0.3, 0.4) is 0 Å². The van der Waals surface area contributed by atoms with Gasteiger partial charge in [-0.05, 0) is 73.4 Å². The molecule has 8 rings (SSSR count). The molecular weight excluding hydrogens is 869 g/mol. The van der Waals surface area contributed by atoms with Gasteiger partial charge in [0.1, 0.15) is 24.8 Å². The highest BCUT2D eigenvalue weighted by Gasteiger charge is 2.30. The van der Waals surface area contributed by atoms with Crippen molar-refractivity contribution in [1.29, 1.82) is 0 Å². The number of aryl methyl sites for hydroxylation is 2. The number of carboxylic acids is 1. The van der Waals surface area contributed by atoms with Crippen LogP contribution in [-0.2, 0) is 23.1 Å². The number of likely N-dealkylation sites (N-methyl/N-ethyl adjacent to an activating group) is 2. The van der Waals surface area contributed by atoms with Crippen LogP contribution in [0.25, 0.3) is 32.8 Å². The van der Waals surface area contributed by atoms with Crippen LogP contribution in [0.1, 0.15) is 56.6 Å². The Bertz CT molecular complexity index is 2700. The quantitative estimate of drug-likeness (QED) is 0.0468. The fourth-order valence-corrected chi connectivity index (χ4v) is 11.4. The number of nitrogens with zero attached hydrogens (tertiary/aromatic N) is 6. The monoisotopic (exact) mass is 941 g/mol. The van der Waals surface area contributed by atoms with Crippen molar-refractivity contribution in [2.75, 3.05) is 84.4 Å². The summed E-state index contributed by atoms with van der Waals surface area (Å²) in [5, 5.41) is 11.6. The lowest BCUT2D eigenvalue weighted by atomic mass is 10.00. The summed E-state index contributed by atoms with van der Waals surface area (Å²) in [5.41, 5.74) is 11.0. The first kappa shape index (κ1) is 49.6. The van der Waals surface area contributed by atoms with Gasteiger partial charge in [-0.2, -0.15) is 9.13 Å². The van der Waals surface area contributed by atoms with Gasteiger partial charge in [0.05, 0.1) is 63.8 Å².